The van der Waals surface area contributed by atoms with Crippen LogP contribution in [0.3, 0.4) is 0 Å². The zero-order chi connectivity index (χ0) is 13.8. The van der Waals surface area contributed by atoms with Crippen LogP contribution in [0, 0.1) is 13.8 Å². The Bertz CT molecular complexity index is 476. The van der Waals surface area contributed by atoms with Crippen molar-refractivity contribution >= 4 is 0 Å². The van der Waals surface area contributed by atoms with Crippen LogP contribution in [0.5, 0.6) is 5.75 Å². The molecule has 2 N–H and O–H groups in total. The lowest BCUT2D eigenvalue weighted by Gasteiger charge is -2.20. The zero-order valence-electron chi connectivity index (χ0n) is 12.3. The molecule has 2 nitrogen and oxygen atoms in total. The number of hydrogen-bond acceptors (Lipinski definition) is 2. The van der Waals surface area contributed by atoms with Gasteiger partial charge < -0.3 is 10.5 Å². The van der Waals surface area contributed by atoms with Crippen molar-refractivity contribution in [1.29, 1.82) is 0 Å². The highest BCUT2D eigenvalue weighted by molar-refractivity contribution is 5.43. The second-order valence-corrected chi connectivity index (χ2v) is 5.60. The molecule has 1 aromatic rings. The third-order valence-corrected chi connectivity index (χ3v) is 4.05. The summed E-state index contributed by atoms with van der Waals surface area (Å²) in [5.41, 5.74) is 11.6. The Kier molecular flexibility index (Phi) is 4.65. The maximum Gasteiger partial charge on any atom is 0.122 e. The first-order chi connectivity index (χ1) is 9.11. The van der Waals surface area contributed by atoms with E-state index in [0.717, 1.165) is 17.7 Å². The zero-order valence-corrected chi connectivity index (χ0v) is 12.3. The Hall–Kier alpha value is -1.28. The molecule has 1 atom stereocenters. The molecule has 19 heavy (non-hydrogen) atoms. The van der Waals surface area contributed by atoms with E-state index in [1.807, 2.05) is 0 Å². The Labute approximate surface area is 116 Å². The van der Waals surface area contributed by atoms with Crippen molar-refractivity contribution in [2.75, 3.05) is 7.11 Å². The minimum atomic E-state index is 0.106. The van der Waals surface area contributed by atoms with Crippen molar-refractivity contribution in [3.8, 4) is 5.75 Å². The molecule has 0 saturated carbocycles. The van der Waals surface area contributed by atoms with Crippen LogP contribution in [0.1, 0.15) is 54.8 Å². The molecule has 0 saturated heterocycles. The van der Waals surface area contributed by atoms with Gasteiger partial charge in [0.1, 0.15) is 5.75 Å². The third kappa shape index (κ3) is 3.38. The Morgan fingerprint density at radius 1 is 1.21 bits per heavy atom. The minimum absolute atomic E-state index is 0.106. The van der Waals surface area contributed by atoms with Crippen LogP contribution in [0.15, 0.2) is 23.8 Å². The van der Waals surface area contributed by atoms with E-state index in [-0.39, 0.29) is 6.04 Å². The second kappa shape index (κ2) is 6.25. The molecule has 0 spiro atoms. The molecule has 0 bridgehead atoms. The van der Waals surface area contributed by atoms with Gasteiger partial charge in [0.05, 0.1) is 7.11 Å². The van der Waals surface area contributed by atoms with Gasteiger partial charge in [-0.1, -0.05) is 17.7 Å². The molecule has 1 aliphatic carbocycles. The van der Waals surface area contributed by atoms with Crippen molar-refractivity contribution < 1.29 is 4.74 Å². The topological polar surface area (TPSA) is 35.2 Å². The molecule has 1 aliphatic rings. The molecule has 1 unspecified atom stereocenters. The lowest BCUT2D eigenvalue weighted by Crippen LogP contribution is -2.14. The summed E-state index contributed by atoms with van der Waals surface area (Å²) >= 11 is 0. The summed E-state index contributed by atoms with van der Waals surface area (Å²) in [5.74, 6) is 0.949. The minimum Gasteiger partial charge on any atom is -0.496 e. The number of methoxy groups -OCH3 is 1. The number of rotatable bonds is 4. The van der Waals surface area contributed by atoms with E-state index in [2.05, 4.69) is 32.1 Å². The van der Waals surface area contributed by atoms with Gasteiger partial charge in [0.15, 0.2) is 0 Å². The molecule has 0 heterocycles. The lowest BCUT2D eigenvalue weighted by atomic mass is 9.90. The summed E-state index contributed by atoms with van der Waals surface area (Å²) in [5, 5.41) is 0. The van der Waals surface area contributed by atoms with Gasteiger partial charge in [-0.25, -0.2) is 0 Å². The highest BCUT2D eigenvalue weighted by atomic mass is 16.5. The van der Waals surface area contributed by atoms with Gasteiger partial charge in [0.25, 0.3) is 0 Å². The second-order valence-electron chi connectivity index (χ2n) is 5.60. The van der Waals surface area contributed by atoms with Gasteiger partial charge >= 0.3 is 0 Å². The van der Waals surface area contributed by atoms with Gasteiger partial charge in [-0.3, -0.25) is 0 Å². The van der Waals surface area contributed by atoms with E-state index >= 15 is 0 Å². The number of aryl methyl sites for hydroxylation is 2. The molecule has 0 aliphatic heterocycles. The first-order valence-corrected chi connectivity index (χ1v) is 7.20. The van der Waals surface area contributed by atoms with Gasteiger partial charge in [0, 0.05) is 6.04 Å². The third-order valence-electron chi connectivity index (χ3n) is 4.05. The number of nitrogens with two attached hydrogens (primary N) is 1. The fourth-order valence-corrected chi connectivity index (χ4v) is 2.91. The quantitative estimate of drug-likeness (QED) is 0.822. The predicted octanol–water partition coefficient (Wildman–Crippen LogP) is 4.20. The molecule has 104 valence electrons. The van der Waals surface area contributed by atoms with Crippen molar-refractivity contribution in [3.05, 3.63) is 40.5 Å². The molecule has 0 fully saturated rings. The predicted molar refractivity (Wildman–Crippen MR) is 80.6 cm³/mol. The maximum atomic E-state index is 6.41. The smallest absolute Gasteiger partial charge is 0.122 e. The van der Waals surface area contributed by atoms with E-state index in [9.17, 15) is 0 Å². The maximum absolute atomic E-state index is 6.41. The normalized spacial score (nSPS) is 16.9. The van der Waals surface area contributed by atoms with Crippen LogP contribution in [0.25, 0.3) is 0 Å². The van der Waals surface area contributed by atoms with E-state index in [1.165, 1.54) is 42.4 Å². The van der Waals surface area contributed by atoms with Crippen molar-refractivity contribution in [2.45, 2.75) is 52.0 Å². The summed E-state index contributed by atoms with van der Waals surface area (Å²) in [6.07, 6.45) is 8.48. The van der Waals surface area contributed by atoms with Crippen LogP contribution in [0.2, 0.25) is 0 Å². The molecule has 2 rings (SSSR count). The molecule has 0 aromatic heterocycles. The molecule has 2 heteroatoms. The highest BCUT2D eigenvalue weighted by Crippen LogP contribution is 2.30. The van der Waals surface area contributed by atoms with E-state index in [1.54, 1.807) is 7.11 Å². The van der Waals surface area contributed by atoms with Crippen LogP contribution >= 0.6 is 0 Å². The number of ether oxygens (including phenoxy) is 1. The van der Waals surface area contributed by atoms with Crippen molar-refractivity contribution in [3.63, 3.8) is 0 Å². The fourth-order valence-electron chi connectivity index (χ4n) is 2.91. The Morgan fingerprint density at radius 3 is 2.63 bits per heavy atom. The highest BCUT2D eigenvalue weighted by Gasteiger charge is 2.14. The van der Waals surface area contributed by atoms with E-state index < -0.39 is 0 Å². The van der Waals surface area contributed by atoms with Gasteiger partial charge in [-0.15, -0.1) is 0 Å². The largest absolute Gasteiger partial charge is 0.496 e. The summed E-state index contributed by atoms with van der Waals surface area (Å²) in [7, 11) is 1.72. The Balaban J connectivity index is 2.16. The van der Waals surface area contributed by atoms with Crippen LogP contribution < -0.4 is 10.5 Å². The monoisotopic (exact) mass is 259 g/mol. The van der Waals surface area contributed by atoms with Gasteiger partial charge in [0.2, 0.25) is 0 Å². The first kappa shape index (κ1) is 14.1. The van der Waals surface area contributed by atoms with Gasteiger partial charge in [-0.2, -0.15) is 0 Å². The van der Waals surface area contributed by atoms with Crippen LogP contribution in [0.4, 0.5) is 0 Å². The lowest BCUT2D eigenvalue weighted by molar-refractivity contribution is 0.411. The fraction of sp³-hybridized carbons (Fsp3) is 0.529. The SMILES string of the molecule is COc1cc(C)c(C(N)CC2=CCCCC2)cc1C. The molecular formula is C17H25NO. The molecule has 1 aromatic carbocycles. The van der Waals surface area contributed by atoms with Gasteiger partial charge in [-0.05, 0) is 68.7 Å². The average Bonchev–Trinajstić information content (AvgIpc) is 2.42. The molecule has 0 radical (unpaired) electrons. The van der Waals surface area contributed by atoms with E-state index in [0.29, 0.717) is 0 Å². The number of hydrogen-bond donors (Lipinski definition) is 1. The van der Waals surface area contributed by atoms with Crippen molar-refractivity contribution in [1.82, 2.24) is 0 Å². The van der Waals surface area contributed by atoms with Crippen molar-refractivity contribution in [2.24, 2.45) is 5.73 Å². The first-order valence-electron chi connectivity index (χ1n) is 7.20. The average molecular weight is 259 g/mol. The van der Waals surface area contributed by atoms with Crippen LogP contribution in [-0.4, -0.2) is 7.11 Å². The standard InChI is InChI=1S/C17H25NO/c1-12-10-17(19-3)13(2)9-15(12)16(18)11-14-7-5-4-6-8-14/h7,9-10,16H,4-6,8,11,18H2,1-3H3. The molecule has 0 amide bonds. The number of benzene rings is 1. The van der Waals surface area contributed by atoms with Crippen LogP contribution in [-0.2, 0) is 0 Å². The molecular weight excluding hydrogens is 234 g/mol. The summed E-state index contributed by atoms with van der Waals surface area (Å²) in [6, 6.07) is 4.39. The summed E-state index contributed by atoms with van der Waals surface area (Å²) in [4.78, 5) is 0. The van der Waals surface area contributed by atoms with E-state index in [4.69, 9.17) is 10.5 Å². The summed E-state index contributed by atoms with van der Waals surface area (Å²) in [6.45, 7) is 4.20. The summed E-state index contributed by atoms with van der Waals surface area (Å²) < 4.78 is 5.36. The Morgan fingerprint density at radius 2 is 2.00 bits per heavy atom. The number of allylic oxidation sites excluding steroid dienone is 1.